The van der Waals surface area contributed by atoms with Gasteiger partial charge < -0.3 is 9.84 Å². The third-order valence-electron chi connectivity index (χ3n) is 4.48. The van der Waals surface area contributed by atoms with Crippen LogP contribution in [0.15, 0.2) is 85.1 Å². The van der Waals surface area contributed by atoms with E-state index >= 15 is 0 Å². The van der Waals surface area contributed by atoms with Crippen molar-refractivity contribution in [3.63, 3.8) is 0 Å². The molecule has 33 heavy (non-hydrogen) atoms. The number of halogens is 4. The van der Waals surface area contributed by atoms with Crippen molar-refractivity contribution in [3.8, 4) is 11.1 Å². The minimum Gasteiger partial charge on any atom is -0.504 e. The second-order valence-electron chi connectivity index (χ2n) is 6.88. The minimum atomic E-state index is -4.41. The normalized spacial score (nSPS) is 11.6. The number of methoxy groups -OCH3 is 1. The summed E-state index contributed by atoms with van der Waals surface area (Å²) in [4.78, 5) is 9.59. The monoisotopic (exact) mass is 458 g/mol. The van der Waals surface area contributed by atoms with Crippen LogP contribution in [0.3, 0.4) is 0 Å². The van der Waals surface area contributed by atoms with Gasteiger partial charge >= 0.3 is 12.1 Å². The molecule has 3 nitrogen and oxygen atoms in total. The molecule has 0 unspecified atom stereocenters. The number of aryl methyl sites for hydroxylation is 1. The fourth-order valence-corrected chi connectivity index (χ4v) is 2.82. The van der Waals surface area contributed by atoms with Crippen molar-refractivity contribution in [2.24, 2.45) is 0 Å². The maximum atomic E-state index is 14.6. The van der Waals surface area contributed by atoms with Gasteiger partial charge in [-0.05, 0) is 53.5 Å². The van der Waals surface area contributed by atoms with Crippen molar-refractivity contribution in [1.82, 2.24) is 0 Å². The van der Waals surface area contributed by atoms with E-state index in [2.05, 4.69) is 4.74 Å². The van der Waals surface area contributed by atoms with Gasteiger partial charge in [-0.3, -0.25) is 0 Å². The van der Waals surface area contributed by atoms with Crippen molar-refractivity contribution < 1.29 is 32.2 Å². The van der Waals surface area contributed by atoms with Gasteiger partial charge in [0.25, 0.3) is 0 Å². The number of alkyl halides is 3. The van der Waals surface area contributed by atoms with Gasteiger partial charge in [0.2, 0.25) is 0 Å². The fraction of sp³-hybridized carbons (Fsp3) is 0.115. The van der Waals surface area contributed by atoms with Crippen molar-refractivity contribution in [2.75, 3.05) is 7.11 Å². The highest BCUT2D eigenvalue weighted by atomic mass is 19.4. The molecule has 0 aromatic heterocycles. The van der Waals surface area contributed by atoms with E-state index in [0.717, 1.165) is 35.6 Å². The Morgan fingerprint density at radius 3 is 2.15 bits per heavy atom. The first kappa shape index (κ1) is 25.4. The maximum absolute atomic E-state index is 14.6. The summed E-state index contributed by atoms with van der Waals surface area (Å²) < 4.78 is 57.6. The molecule has 172 valence electrons. The molecule has 0 aliphatic heterocycles. The molecule has 3 aromatic rings. The number of carboxylic acids is 1. The lowest BCUT2D eigenvalue weighted by atomic mass is 9.99. The van der Waals surface area contributed by atoms with Crippen molar-refractivity contribution in [1.29, 1.82) is 0 Å². The molecule has 0 aliphatic carbocycles. The average molecular weight is 458 g/mol. The standard InChI is InChI=1S/C22H16F4.C4H6O3/c1-15-6-2-3-7-16(15)14-21(23)19-10-4-8-17(12-19)18-9-5-11-20(13-18)22(24,25)26;1-7-3-2-4(5)6/h2-14H,1H3;2-3H,1H3,(H,5,6). The van der Waals surface area contributed by atoms with E-state index in [1.165, 1.54) is 19.3 Å². The van der Waals surface area contributed by atoms with Gasteiger partial charge in [-0.25, -0.2) is 9.18 Å². The van der Waals surface area contributed by atoms with E-state index in [9.17, 15) is 22.4 Å². The van der Waals surface area contributed by atoms with Crippen LogP contribution < -0.4 is 0 Å². The van der Waals surface area contributed by atoms with Gasteiger partial charge in [-0.2, -0.15) is 13.2 Å². The van der Waals surface area contributed by atoms with Gasteiger partial charge in [-0.15, -0.1) is 0 Å². The van der Waals surface area contributed by atoms with Gasteiger partial charge in [0, 0.05) is 5.56 Å². The second kappa shape index (κ2) is 11.7. The first-order chi connectivity index (χ1) is 15.6. The van der Waals surface area contributed by atoms with Gasteiger partial charge in [-0.1, -0.05) is 54.6 Å². The lowest BCUT2D eigenvalue weighted by Gasteiger charge is -2.10. The lowest BCUT2D eigenvalue weighted by Crippen LogP contribution is -2.04. The zero-order chi connectivity index (χ0) is 24.4. The molecule has 0 atom stereocenters. The summed E-state index contributed by atoms with van der Waals surface area (Å²) >= 11 is 0. The van der Waals surface area contributed by atoms with Crippen LogP contribution in [-0.2, 0) is 15.7 Å². The number of hydrogen-bond donors (Lipinski definition) is 1. The van der Waals surface area contributed by atoms with Crippen molar-refractivity contribution in [2.45, 2.75) is 13.1 Å². The summed E-state index contributed by atoms with van der Waals surface area (Å²) in [7, 11) is 1.39. The fourth-order valence-electron chi connectivity index (χ4n) is 2.82. The van der Waals surface area contributed by atoms with E-state index in [1.807, 2.05) is 31.2 Å². The molecule has 0 spiro atoms. The third-order valence-corrected chi connectivity index (χ3v) is 4.48. The first-order valence-electron chi connectivity index (χ1n) is 9.75. The molecular weight excluding hydrogens is 436 g/mol. The summed E-state index contributed by atoms with van der Waals surface area (Å²) in [6.45, 7) is 1.89. The van der Waals surface area contributed by atoms with E-state index in [-0.39, 0.29) is 0 Å². The van der Waals surface area contributed by atoms with E-state index in [4.69, 9.17) is 5.11 Å². The number of aliphatic carboxylic acids is 1. The number of carbonyl (C=O) groups is 1. The molecule has 0 bridgehead atoms. The maximum Gasteiger partial charge on any atom is 0.416 e. The SMILES string of the molecule is COC=CC(=O)O.Cc1ccccc1C=C(F)c1cccc(-c2cccc(C(F)(F)F)c2)c1. The molecule has 1 N–H and O–H groups in total. The Balaban J connectivity index is 0.000000479. The Labute approximate surface area is 189 Å². The Kier molecular flexibility index (Phi) is 8.98. The average Bonchev–Trinajstić information content (AvgIpc) is 2.79. The number of rotatable bonds is 5. The Hall–Kier alpha value is -3.87. The molecule has 0 heterocycles. The number of carboxylic acid groups (broad SMARTS) is 1. The van der Waals surface area contributed by atoms with Crippen LogP contribution >= 0.6 is 0 Å². The van der Waals surface area contributed by atoms with Gasteiger partial charge in [0.1, 0.15) is 5.83 Å². The molecule has 3 rings (SSSR count). The highest BCUT2D eigenvalue weighted by Gasteiger charge is 2.30. The quantitative estimate of drug-likeness (QED) is 0.188. The Morgan fingerprint density at radius 2 is 1.58 bits per heavy atom. The summed E-state index contributed by atoms with van der Waals surface area (Å²) in [6.07, 6.45) is -0.966. The van der Waals surface area contributed by atoms with Crippen LogP contribution in [0.2, 0.25) is 0 Å². The van der Waals surface area contributed by atoms with Crippen LogP contribution in [0.5, 0.6) is 0 Å². The van der Waals surface area contributed by atoms with Crippen molar-refractivity contribution >= 4 is 17.9 Å². The van der Waals surface area contributed by atoms with E-state index in [1.54, 1.807) is 30.3 Å². The predicted molar refractivity (Wildman–Crippen MR) is 121 cm³/mol. The minimum absolute atomic E-state index is 0.322. The zero-order valence-corrected chi connectivity index (χ0v) is 17.9. The zero-order valence-electron chi connectivity index (χ0n) is 17.9. The van der Waals surface area contributed by atoms with Crippen LogP contribution in [-0.4, -0.2) is 18.2 Å². The number of ether oxygens (including phenoxy) is 1. The van der Waals surface area contributed by atoms with Gasteiger partial charge in [0.05, 0.1) is 25.0 Å². The molecule has 3 aromatic carbocycles. The molecule has 0 saturated carbocycles. The number of benzene rings is 3. The lowest BCUT2D eigenvalue weighted by molar-refractivity contribution is -0.137. The first-order valence-corrected chi connectivity index (χ1v) is 9.75. The molecule has 0 aliphatic rings. The summed E-state index contributed by atoms with van der Waals surface area (Å²) in [5.74, 6) is -1.44. The third kappa shape index (κ3) is 7.96. The molecule has 7 heteroatoms. The van der Waals surface area contributed by atoms with E-state index < -0.39 is 23.5 Å². The molecule has 0 saturated heterocycles. The topological polar surface area (TPSA) is 46.5 Å². The highest BCUT2D eigenvalue weighted by molar-refractivity contribution is 5.80. The predicted octanol–water partition coefficient (Wildman–Crippen LogP) is 7.38. The Morgan fingerprint density at radius 1 is 0.939 bits per heavy atom. The van der Waals surface area contributed by atoms with E-state index in [0.29, 0.717) is 16.7 Å². The molecular formula is C26H22F4O3. The van der Waals surface area contributed by atoms with Crippen LogP contribution in [0.1, 0.15) is 22.3 Å². The molecule has 0 amide bonds. The Bertz CT molecular complexity index is 1150. The highest BCUT2D eigenvalue weighted by Crippen LogP contribution is 2.33. The van der Waals surface area contributed by atoms with Crippen LogP contribution in [0.4, 0.5) is 17.6 Å². The summed E-state index contributed by atoms with van der Waals surface area (Å²) in [5.41, 5.74) is 2.22. The number of hydrogen-bond acceptors (Lipinski definition) is 2. The van der Waals surface area contributed by atoms with Crippen LogP contribution in [0, 0.1) is 6.92 Å². The largest absolute Gasteiger partial charge is 0.504 e. The summed E-state index contributed by atoms with van der Waals surface area (Å²) in [6, 6.07) is 18.9. The summed E-state index contributed by atoms with van der Waals surface area (Å²) in [5, 5.41) is 7.88. The van der Waals surface area contributed by atoms with Crippen LogP contribution in [0.25, 0.3) is 23.0 Å². The molecule has 0 radical (unpaired) electrons. The van der Waals surface area contributed by atoms with Gasteiger partial charge in [0.15, 0.2) is 0 Å². The second-order valence-corrected chi connectivity index (χ2v) is 6.88. The molecule has 0 fully saturated rings. The smallest absolute Gasteiger partial charge is 0.416 e. The van der Waals surface area contributed by atoms with Crippen molar-refractivity contribution in [3.05, 3.63) is 107 Å².